The van der Waals surface area contributed by atoms with E-state index in [2.05, 4.69) is 11.4 Å². The number of aryl methyl sites for hydroxylation is 1. The number of hydrogen-bond acceptors (Lipinski definition) is 2. The SMILES string of the molecule is Cc1ccc(NC(=O)N(C)c2ccccc2C#N)cc1. The highest BCUT2D eigenvalue weighted by molar-refractivity contribution is 6.02. The summed E-state index contributed by atoms with van der Waals surface area (Å²) < 4.78 is 0. The molecule has 0 saturated carbocycles. The number of amides is 2. The van der Waals surface area contributed by atoms with Gasteiger partial charge >= 0.3 is 6.03 Å². The summed E-state index contributed by atoms with van der Waals surface area (Å²) in [6, 6.07) is 16.3. The smallest absolute Gasteiger partial charge is 0.308 e. The number of urea groups is 1. The van der Waals surface area contributed by atoms with Gasteiger partial charge in [0.05, 0.1) is 11.3 Å². The van der Waals surface area contributed by atoms with Crippen LogP contribution in [-0.2, 0) is 0 Å². The Labute approximate surface area is 118 Å². The molecule has 2 amide bonds. The van der Waals surface area contributed by atoms with E-state index in [1.54, 1.807) is 31.3 Å². The molecule has 4 heteroatoms. The molecule has 2 rings (SSSR count). The average Bonchev–Trinajstić information content (AvgIpc) is 2.48. The lowest BCUT2D eigenvalue weighted by molar-refractivity contribution is 0.258. The van der Waals surface area contributed by atoms with Crippen molar-refractivity contribution in [1.82, 2.24) is 0 Å². The van der Waals surface area contributed by atoms with Crippen LogP contribution in [0.2, 0.25) is 0 Å². The van der Waals surface area contributed by atoms with E-state index < -0.39 is 0 Å². The number of anilines is 2. The number of hydrogen-bond donors (Lipinski definition) is 1. The van der Waals surface area contributed by atoms with Crippen LogP contribution in [0.4, 0.5) is 16.2 Å². The van der Waals surface area contributed by atoms with Crippen molar-refractivity contribution in [2.75, 3.05) is 17.3 Å². The van der Waals surface area contributed by atoms with Crippen LogP contribution in [0.15, 0.2) is 48.5 Å². The molecule has 0 radical (unpaired) electrons. The van der Waals surface area contributed by atoms with Gasteiger partial charge in [-0.3, -0.25) is 4.90 Å². The molecule has 0 aliphatic rings. The van der Waals surface area contributed by atoms with Crippen LogP contribution in [0.5, 0.6) is 0 Å². The van der Waals surface area contributed by atoms with Gasteiger partial charge in [-0.25, -0.2) is 4.79 Å². The van der Waals surface area contributed by atoms with E-state index in [1.165, 1.54) is 4.90 Å². The molecule has 0 aromatic heterocycles. The number of nitrogens with one attached hydrogen (secondary N) is 1. The average molecular weight is 265 g/mol. The molecule has 0 fully saturated rings. The summed E-state index contributed by atoms with van der Waals surface area (Å²) in [5, 5.41) is 11.9. The number of nitrogens with zero attached hydrogens (tertiary/aromatic N) is 2. The Morgan fingerprint density at radius 2 is 1.80 bits per heavy atom. The van der Waals surface area contributed by atoms with Crippen molar-refractivity contribution in [1.29, 1.82) is 5.26 Å². The molecule has 0 atom stereocenters. The van der Waals surface area contributed by atoms with Crippen molar-refractivity contribution in [3.05, 3.63) is 59.7 Å². The van der Waals surface area contributed by atoms with E-state index >= 15 is 0 Å². The van der Waals surface area contributed by atoms with E-state index in [0.29, 0.717) is 11.3 Å². The van der Waals surface area contributed by atoms with Gasteiger partial charge in [0.2, 0.25) is 0 Å². The second-order valence-electron chi connectivity index (χ2n) is 4.48. The lowest BCUT2D eigenvalue weighted by atomic mass is 10.2. The highest BCUT2D eigenvalue weighted by Gasteiger charge is 2.14. The Kier molecular flexibility index (Phi) is 4.02. The van der Waals surface area contributed by atoms with Gasteiger partial charge in [-0.1, -0.05) is 29.8 Å². The summed E-state index contributed by atoms with van der Waals surface area (Å²) in [5.41, 5.74) is 2.90. The van der Waals surface area contributed by atoms with Gasteiger partial charge < -0.3 is 5.32 Å². The van der Waals surface area contributed by atoms with E-state index in [4.69, 9.17) is 5.26 Å². The maximum atomic E-state index is 12.2. The fourth-order valence-electron chi connectivity index (χ4n) is 1.81. The predicted molar refractivity (Wildman–Crippen MR) is 79.8 cm³/mol. The van der Waals surface area contributed by atoms with Crippen molar-refractivity contribution in [3.63, 3.8) is 0 Å². The van der Waals surface area contributed by atoms with Gasteiger partial charge in [-0.2, -0.15) is 5.26 Å². The molecule has 2 aromatic rings. The largest absolute Gasteiger partial charge is 0.326 e. The van der Waals surface area contributed by atoms with Crippen LogP contribution in [0.25, 0.3) is 0 Å². The summed E-state index contributed by atoms with van der Waals surface area (Å²) in [7, 11) is 1.64. The topological polar surface area (TPSA) is 56.1 Å². The van der Waals surface area contributed by atoms with Gasteiger partial charge in [0.25, 0.3) is 0 Å². The van der Waals surface area contributed by atoms with E-state index in [-0.39, 0.29) is 6.03 Å². The molecule has 2 aromatic carbocycles. The summed E-state index contributed by atoms with van der Waals surface area (Å²) >= 11 is 0. The molecule has 4 nitrogen and oxygen atoms in total. The zero-order valence-corrected chi connectivity index (χ0v) is 11.4. The first-order valence-corrected chi connectivity index (χ1v) is 6.22. The van der Waals surface area contributed by atoms with E-state index in [9.17, 15) is 4.79 Å². The zero-order chi connectivity index (χ0) is 14.5. The van der Waals surface area contributed by atoms with Gasteiger partial charge in [0.15, 0.2) is 0 Å². The normalized spacial score (nSPS) is 9.65. The van der Waals surface area contributed by atoms with Crippen molar-refractivity contribution < 1.29 is 4.79 Å². The van der Waals surface area contributed by atoms with Crippen molar-refractivity contribution in [3.8, 4) is 6.07 Å². The molecule has 1 N–H and O–H groups in total. The van der Waals surface area contributed by atoms with Gasteiger partial charge in [-0.15, -0.1) is 0 Å². The number of benzene rings is 2. The number of carbonyl (C=O) groups is 1. The Hall–Kier alpha value is -2.80. The second-order valence-corrected chi connectivity index (χ2v) is 4.48. The summed E-state index contributed by atoms with van der Waals surface area (Å²) in [4.78, 5) is 13.6. The maximum absolute atomic E-state index is 12.2. The van der Waals surface area contributed by atoms with Crippen molar-refractivity contribution in [2.24, 2.45) is 0 Å². The third-order valence-electron chi connectivity index (χ3n) is 2.99. The van der Waals surface area contributed by atoms with Gasteiger partial charge in [-0.05, 0) is 31.2 Å². The molecule has 0 bridgehead atoms. The quantitative estimate of drug-likeness (QED) is 0.903. The Morgan fingerprint density at radius 3 is 2.45 bits per heavy atom. The van der Waals surface area contributed by atoms with Crippen LogP contribution in [0, 0.1) is 18.3 Å². The standard InChI is InChI=1S/C16H15N3O/c1-12-7-9-14(10-8-12)18-16(20)19(2)15-6-4-3-5-13(15)11-17/h3-10H,1-2H3,(H,18,20). The molecule has 0 spiro atoms. The first kappa shape index (κ1) is 13.6. The van der Waals surface area contributed by atoms with Gasteiger partial charge in [0, 0.05) is 12.7 Å². The number of rotatable bonds is 2. The first-order valence-electron chi connectivity index (χ1n) is 6.22. The molecule has 20 heavy (non-hydrogen) atoms. The predicted octanol–water partition coefficient (Wildman–Crippen LogP) is 3.54. The molecule has 0 unspecified atom stereocenters. The Bertz CT molecular complexity index is 656. The van der Waals surface area contributed by atoms with Crippen LogP contribution in [0.3, 0.4) is 0 Å². The zero-order valence-electron chi connectivity index (χ0n) is 11.4. The number of carbonyl (C=O) groups excluding carboxylic acids is 1. The summed E-state index contributed by atoms with van der Waals surface area (Å²) in [6.45, 7) is 1.99. The lowest BCUT2D eigenvalue weighted by Crippen LogP contribution is -2.31. The molecule has 0 aliphatic heterocycles. The minimum atomic E-state index is -0.281. The third kappa shape index (κ3) is 2.96. The molecule has 0 saturated heterocycles. The number of para-hydroxylation sites is 1. The second kappa shape index (κ2) is 5.89. The fourth-order valence-corrected chi connectivity index (χ4v) is 1.81. The van der Waals surface area contributed by atoms with Crippen LogP contribution >= 0.6 is 0 Å². The monoisotopic (exact) mass is 265 g/mol. The highest BCUT2D eigenvalue weighted by atomic mass is 16.2. The van der Waals surface area contributed by atoms with E-state index in [1.807, 2.05) is 31.2 Å². The molecule has 0 heterocycles. The van der Waals surface area contributed by atoms with Crippen LogP contribution < -0.4 is 10.2 Å². The molecular formula is C16H15N3O. The molecular weight excluding hydrogens is 250 g/mol. The lowest BCUT2D eigenvalue weighted by Gasteiger charge is -2.19. The van der Waals surface area contributed by atoms with E-state index in [0.717, 1.165) is 11.3 Å². The maximum Gasteiger partial charge on any atom is 0.326 e. The minimum absolute atomic E-state index is 0.281. The Morgan fingerprint density at radius 1 is 1.15 bits per heavy atom. The van der Waals surface area contributed by atoms with Crippen molar-refractivity contribution in [2.45, 2.75) is 6.92 Å². The molecule has 100 valence electrons. The number of nitriles is 1. The van der Waals surface area contributed by atoms with Gasteiger partial charge in [0.1, 0.15) is 6.07 Å². The summed E-state index contributed by atoms with van der Waals surface area (Å²) in [5.74, 6) is 0. The van der Waals surface area contributed by atoms with Crippen LogP contribution in [-0.4, -0.2) is 13.1 Å². The molecule has 0 aliphatic carbocycles. The minimum Gasteiger partial charge on any atom is -0.308 e. The first-order chi connectivity index (χ1) is 9.61. The summed E-state index contributed by atoms with van der Waals surface area (Å²) in [6.07, 6.45) is 0. The Balaban J connectivity index is 2.17. The highest BCUT2D eigenvalue weighted by Crippen LogP contribution is 2.19. The fraction of sp³-hybridized carbons (Fsp3) is 0.125. The van der Waals surface area contributed by atoms with Crippen LogP contribution in [0.1, 0.15) is 11.1 Å². The third-order valence-corrected chi connectivity index (χ3v) is 2.99. The van der Waals surface area contributed by atoms with Crippen molar-refractivity contribution >= 4 is 17.4 Å².